The molecule has 0 radical (unpaired) electrons. The molecule has 7 nitrogen and oxygen atoms in total. The molecule has 136 valence electrons. The van der Waals surface area contributed by atoms with Crippen molar-refractivity contribution < 1.29 is 23.1 Å². The first-order valence-electron chi connectivity index (χ1n) is 7.98. The number of amides is 1. The molecular weight excluding hydrogens is 356 g/mol. The number of nitrogens with one attached hydrogen (secondary N) is 1. The minimum absolute atomic E-state index is 0.00919. The number of fused-ring (bicyclic) bond motifs is 1. The van der Waals surface area contributed by atoms with Crippen molar-refractivity contribution in [3.05, 3.63) is 53.6 Å². The second-order valence-corrected chi connectivity index (χ2v) is 7.91. The van der Waals surface area contributed by atoms with Crippen LogP contribution in [-0.4, -0.2) is 31.4 Å². The van der Waals surface area contributed by atoms with Gasteiger partial charge in [0.25, 0.3) is 10.0 Å². The highest BCUT2D eigenvalue weighted by Gasteiger charge is 2.30. The first-order chi connectivity index (χ1) is 12.2. The molecule has 1 atom stereocenters. The summed E-state index contributed by atoms with van der Waals surface area (Å²) in [4.78, 5) is 24.5. The number of carboxylic acid groups (broad SMARTS) is 1. The number of carboxylic acids is 1. The van der Waals surface area contributed by atoms with Crippen LogP contribution in [-0.2, 0) is 21.2 Å². The molecule has 0 fully saturated rings. The Kier molecular flexibility index (Phi) is 4.45. The van der Waals surface area contributed by atoms with Crippen LogP contribution in [0.3, 0.4) is 0 Å². The highest BCUT2D eigenvalue weighted by atomic mass is 32.2. The molecule has 1 unspecified atom stereocenters. The third-order valence-electron chi connectivity index (χ3n) is 4.28. The van der Waals surface area contributed by atoms with Gasteiger partial charge in [0.05, 0.1) is 10.5 Å². The van der Waals surface area contributed by atoms with Gasteiger partial charge in [-0.05, 0) is 55.3 Å². The fourth-order valence-electron chi connectivity index (χ4n) is 3.18. The van der Waals surface area contributed by atoms with Gasteiger partial charge in [0, 0.05) is 24.3 Å². The highest BCUT2D eigenvalue weighted by molar-refractivity contribution is 7.92. The molecule has 1 aliphatic heterocycles. The fourth-order valence-corrected chi connectivity index (χ4v) is 4.28. The molecule has 1 aliphatic rings. The number of sulfonamides is 1. The Balaban J connectivity index is 1.92. The van der Waals surface area contributed by atoms with Crippen LogP contribution in [0.1, 0.15) is 29.8 Å². The van der Waals surface area contributed by atoms with E-state index in [9.17, 15) is 18.0 Å². The Hall–Kier alpha value is -2.87. The number of hydrogen-bond acceptors (Lipinski definition) is 4. The van der Waals surface area contributed by atoms with Gasteiger partial charge in [-0.25, -0.2) is 13.2 Å². The monoisotopic (exact) mass is 374 g/mol. The molecule has 0 aliphatic carbocycles. The van der Waals surface area contributed by atoms with E-state index in [0.717, 1.165) is 11.3 Å². The summed E-state index contributed by atoms with van der Waals surface area (Å²) in [5, 5.41) is 9.02. The summed E-state index contributed by atoms with van der Waals surface area (Å²) in [6.45, 7) is 3.39. The minimum Gasteiger partial charge on any atom is -0.478 e. The van der Waals surface area contributed by atoms with Gasteiger partial charge in [-0.2, -0.15) is 0 Å². The molecule has 0 aromatic heterocycles. The quantitative estimate of drug-likeness (QED) is 0.856. The van der Waals surface area contributed by atoms with Gasteiger partial charge in [-0.15, -0.1) is 0 Å². The lowest BCUT2D eigenvalue weighted by molar-refractivity contribution is -0.116. The topological polar surface area (TPSA) is 104 Å². The Morgan fingerprint density at radius 1 is 1.19 bits per heavy atom. The molecule has 1 amide bonds. The van der Waals surface area contributed by atoms with Crippen LogP contribution < -0.4 is 9.62 Å². The summed E-state index contributed by atoms with van der Waals surface area (Å²) >= 11 is 0. The van der Waals surface area contributed by atoms with E-state index < -0.39 is 16.0 Å². The lowest BCUT2D eigenvalue weighted by Gasteiger charge is -2.20. The van der Waals surface area contributed by atoms with Gasteiger partial charge in [0.1, 0.15) is 0 Å². The molecule has 1 heterocycles. The van der Waals surface area contributed by atoms with Gasteiger partial charge in [0.2, 0.25) is 5.91 Å². The average Bonchev–Trinajstić information content (AvgIpc) is 2.89. The first-order valence-corrected chi connectivity index (χ1v) is 9.46. The predicted octanol–water partition coefficient (Wildman–Crippen LogP) is 2.48. The molecule has 0 spiro atoms. The van der Waals surface area contributed by atoms with Crippen molar-refractivity contribution in [1.82, 2.24) is 0 Å². The van der Waals surface area contributed by atoms with Gasteiger partial charge in [-0.3, -0.25) is 9.52 Å². The van der Waals surface area contributed by atoms with Gasteiger partial charge in [0.15, 0.2) is 0 Å². The highest BCUT2D eigenvalue weighted by Crippen LogP contribution is 2.34. The third kappa shape index (κ3) is 3.28. The molecule has 0 bridgehead atoms. The molecule has 2 N–H and O–H groups in total. The van der Waals surface area contributed by atoms with Gasteiger partial charge >= 0.3 is 5.97 Å². The largest absolute Gasteiger partial charge is 0.478 e. The molecule has 26 heavy (non-hydrogen) atoms. The second-order valence-electron chi connectivity index (χ2n) is 6.22. The molecular formula is C18H18N2O5S. The average molecular weight is 374 g/mol. The van der Waals surface area contributed by atoms with Crippen LogP contribution in [0.5, 0.6) is 0 Å². The van der Waals surface area contributed by atoms with Crippen molar-refractivity contribution in [2.75, 3.05) is 9.62 Å². The summed E-state index contributed by atoms with van der Waals surface area (Å²) in [5.74, 6) is -1.22. The summed E-state index contributed by atoms with van der Waals surface area (Å²) < 4.78 is 27.7. The molecule has 8 heteroatoms. The van der Waals surface area contributed by atoms with Crippen LogP contribution in [0.4, 0.5) is 11.4 Å². The van der Waals surface area contributed by atoms with Crippen molar-refractivity contribution in [2.24, 2.45) is 0 Å². The Morgan fingerprint density at radius 2 is 1.92 bits per heavy atom. The smallest absolute Gasteiger partial charge is 0.335 e. The van der Waals surface area contributed by atoms with E-state index in [-0.39, 0.29) is 28.1 Å². The summed E-state index contributed by atoms with van der Waals surface area (Å²) in [6.07, 6.45) is 0.576. The van der Waals surface area contributed by atoms with Crippen molar-refractivity contribution in [1.29, 1.82) is 0 Å². The van der Waals surface area contributed by atoms with Crippen LogP contribution in [0.15, 0.2) is 47.4 Å². The predicted molar refractivity (Wildman–Crippen MR) is 97.0 cm³/mol. The lowest BCUT2D eigenvalue weighted by Crippen LogP contribution is -2.33. The standard InChI is InChI=1S/C18H18N2O5S/c1-11-8-14-10-16(6-7-17(14)20(11)12(2)21)26(24,25)19-15-5-3-4-13(9-15)18(22)23/h3-7,9-11,19H,8H2,1-2H3,(H,22,23). The summed E-state index contributed by atoms with van der Waals surface area (Å²) in [7, 11) is -3.88. The third-order valence-corrected chi connectivity index (χ3v) is 5.66. The van der Waals surface area contributed by atoms with E-state index in [1.807, 2.05) is 6.92 Å². The van der Waals surface area contributed by atoms with Crippen LogP contribution in [0, 0.1) is 0 Å². The van der Waals surface area contributed by atoms with Gasteiger partial charge < -0.3 is 10.0 Å². The number of carbonyl (C=O) groups excluding carboxylic acids is 1. The van der Waals surface area contributed by atoms with E-state index in [4.69, 9.17) is 5.11 Å². The van der Waals surface area contributed by atoms with E-state index in [0.29, 0.717) is 6.42 Å². The Morgan fingerprint density at radius 3 is 2.58 bits per heavy atom. The fraction of sp³-hybridized carbons (Fsp3) is 0.222. The van der Waals surface area contributed by atoms with Crippen LogP contribution >= 0.6 is 0 Å². The van der Waals surface area contributed by atoms with Crippen molar-refractivity contribution >= 4 is 33.3 Å². The molecule has 0 saturated carbocycles. The summed E-state index contributed by atoms with van der Waals surface area (Å²) in [5.41, 5.74) is 1.67. The Labute approximate surface area is 151 Å². The summed E-state index contributed by atoms with van der Waals surface area (Å²) in [6, 6.07) is 10.2. The minimum atomic E-state index is -3.88. The molecule has 0 saturated heterocycles. The zero-order valence-corrected chi connectivity index (χ0v) is 15.1. The SMILES string of the molecule is CC(=O)N1c2ccc(S(=O)(=O)Nc3cccc(C(=O)O)c3)cc2CC1C. The number of nitrogens with zero attached hydrogens (tertiary/aromatic N) is 1. The second kappa shape index (κ2) is 6.45. The van der Waals surface area contributed by atoms with Crippen LogP contribution in [0.25, 0.3) is 0 Å². The number of anilines is 2. The van der Waals surface area contributed by atoms with E-state index in [2.05, 4.69) is 4.72 Å². The first kappa shape index (κ1) is 17.9. The van der Waals surface area contributed by atoms with E-state index in [1.165, 1.54) is 37.3 Å². The number of benzene rings is 2. The zero-order chi connectivity index (χ0) is 19.1. The molecule has 2 aromatic carbocycles. The maximum atomic E-state index is 12.6. The van der Waals surface area contributed by atoms with E-state index >= 15 is 0 Å². The number of carbonyl (C=O) groups is 2. The maximum Gasteiger partial charge on any atom is 0.335 e. The maximum absolute atomic E-state index is 12.6. The van der Waals surface area contributed by atoms with Gasteiger partial charge in [-0.1, -0.05) is 6.07 Å². The zero-order valence-electron chi connectivity index (χ0n) is 14.3. The van der Waals surface area contributed by atoms with Crippen LogP contribution in [0.2, 0.25) is 0 Å². The van der Waals surface area contributed by atoms with Crippen molar-refractivity contribution in [3.63, 3.8) is 0 Å². The normalized spacial score (nSPS) is 16.2. The number of hydrogen-bond donors (Lipinski definition) is 2. The van der Waals surface area contributed by atoms with Crippen molar-refractivity contribution in [3.8, 4) is 0 Å². The Bertz CT molecular complexity index is 1000. The number of aromatic carboxylic acids is 1. The van der Waals surface area contributed by atoms with Crippen molar-refractivity contribution in [2.45, 2.75) is 31.2 Å². The molecule has 2 aromatic rings. The molecule has 3 rings (SSSR count). The van der Waals surface area contributed by atoms with E-state index in [1.54, 1.807) is 17.0 Å². The lowest BCUT2D eigenvalue weighted by atomic mass is 10.1. The number of rotatable bonds is 4.